The molecule has 0 spiro atoms. The first kappa shape index (κ1) is 15.4. The van der Waals surface area contributed by atoms with Crippen LogP contribution in [0.5, 0.6) is 0 Å². The lowest BCUT2D eigenvalue weighted by molar-refractivity contribution is -0.116. The van der Waals surface area contributed by atoms with Crippen molar-refractivity contribution in [3.05, 3.63) is 77.1 Å². The first-order valence-corrected chi connectivity index (χ1v) is 6.65. The second-order valence-electron chi connectivity index (χ2n) is 4.66. The van der Waals surface area contributed by atoms with Crippen molar-refractivity contribution < 1.29 is 14.0 Å². The van der Waals surface area contributed by atoms with Gasteiger partial charge in [0, 0.05) is 18.2 Å². The Bertz CT molecular complexity index is 692. The first-order chi connectivity index (χ1) is 10.5. The van der Waals surface area contributed by atoms with Crippen molar-refractivity contribution in [2.24, 2.45) is 5.73 Å². The van der Waals surface area contributed by atoms with Gasteiger partial charge in [-0.3, -0.25) is 9.59 Å². The maximum absolute atomic E-state index is 12.7. The van der Waals surface area contributed by atoms with Crippen molar-refractivity contribution in [2.45, 2.75) is 6.54 Å². The van der Waals surface area contributed by atoms with E-state index in [9.17, 15) is 14.0 Å². The molecule has 0 aliphatic carbocycles. The van der Waals surface area contributed by atoms with Crippen molar-refractivity contribution in [2.75, 3.05) is 0 Å². The van der Waals surface area contributed by atoms with Crippen LogP contribution in [-0.2, 0) is 11.3 Å². The van der Waals surface area contributed by atoms with E-state index in [1.165, 1.54) is 18.2 Å². The molecule has 2 aromatic carbocycles. The van der Waals surface area contributed by atoms with E-state index in [0.717, 1.165) is 11.1 Å². The van der Waals surface area contributed by atoms with Crippen LogP contribution < -0.4 is 11.1 Å². The Labute approximate surface area is 127 Å². The summed E-state index contributed by atoms with van der Waals surface area (Å²) >= 11 is 0. The highest BCUT2D eigenvalue weighted by Gasteiger charge is 2.01. The molecule has 0 heterocycles. The number of amides is 2. The van der Waals surface area contributed by atoms with Crippen LogP contribution in [-0.4, -0.2) is 11.8 Å². The number of nitrogens with one attached hydrogen (secondary N) is 1. The Morgan fingerprint density at radius 3 is 2.27 bits per heavy atom. The van der Waals surface area contributed by atoms with Gasteiger partial charge in [-0.15, -0.1) is 0 Å². The molecule has 0 fully saturated rings. The normalized spacial score (nSPS) is 10.6. The highest BCUT2D eigenvalue weighted by Crippen LogP contribution is 2.05. The number of hydrogen-bond donors (Lipinski definition) is 2. The van der Waals surface area contributed by atoms with Crippen molar-refractivity contribution in [3.8, 4) is 0 Å². The third kappa shape index (κ3) is 4.56. The quantitative estimate of drug-likeness (QED) is 0.831. The number of carbonyl (C=O) groups excluding carboxylic acids is 2. The summed E-state index contributed by atoms with van der Waals surface area (Å²) in [5, 5.41) is 2.71. The van der Waals surface area contributed by atoms with Crippen molar-refractivity contribution in [1.29, 1.82) is 0 Å². The third-order valence-electron chi connectivity index (χ3n) is 3.00. The van der Waals surface area contributed by atoms with Crippen LogP contribution in [0.1, 0.15) is 21.5 Å². The second kappa shape index (κ2) is 7.17. The molecule has 0 aliphatic heterocycles. The highest BCUT2D eigenvalue weighted by atomic mass is 19.1. The number of hydrogen-bond acceptors (Lipinski definition) is 2. The predicted molar refractivity (Wildman–Crippen MR) is 82.2 cm³/mol. The summed E-state index contributed by atoms with van der Waals surface area (Å²) in [6, 6.07) is 12.5. The SMILES string of the molecule is NC(=O)c1ccc(CNC(=O)/C=C/c2ccc(F)cc2)cc1. The van der Waals surface area contributed by atoms with E-state index < -0.39 is 5.91 Å². The van der Waals surface area contributed by atoms with Gasteiger partial charge in [0.25, 0.3) is 0 Å². The van der Waals surface area contributed by atoms with E-state index in [-0.39, 0.29) is 11.7 Å². The van der Waals surface area contributed by atoms with E-state index >= 15 is 0 Å². The minimum Gasteiger partial charge on any atom is -0.366 e. The molecule has 3 N–H and O–H groups in total. The monoisotopic (exact) mass is 298 g/mol. The van der Waals surface area contributed by atoms with Gasteiger partial charge in [-0.25, -0.2) is 4.39 Å². The van der Waals surface area contributed by atoms with E-state index in [0.29, 0.717) is 12.1 Å². The number of carbonyl (C=O) groups is 2. The smallest absolute Gasteiger partial charge is 0.248 e. The van der Waals surface area contributed by atoms with Gasteiger partial charge in [0.2, 0.25) is 11.8 Å². The van der Waals surface area contributed by atoms with Gasteiger partial charge in [-0.2, -0.15) is 0 Å². The summed E-state index contributed by atoms with van der Waals surface area (Å²) in [6.45, 7) is 0.339. The fraction of sp³-hybridized carbons (Fsp3) is 0.0588. The lowest BCUT2D eigenvalue weighted by Gasteiger charge is -2.03. The maximum atomic E-state index is 12.7. The zero-order valence-corrected chi connectivity index (χ0v) is 11.8. The van der Waals surface area contributed by atoms with Crippen molar-refractivity contribution in [3.63, 3.8) is 0 Å². The molecule has 0 aliphatic rings. The summed E-state index contributed by atoms with van der Waals surface area (Å²) < 4.78 is 12.7. The zero-order valence-electron chi connectivity index (χ0n) is 11.8. The summed E-state index contributed by atoms with van der Waals surface area (Å²) in [5.74, 6) is -1.07. The van der Waals surface area contributed by atoms with Crippen LogP contribution >= 0.6 is 0 Å². The number of rotatable bonds is 5. The maximum Gasteiger partial charge on any atom is 0.248 e. The van der Waals surface area contributed by atoms with Gasteiger partial charge in [0.15, 0.2) is 0 Å². The van der Waals surface area contributed by atoms with Gasteiger partial charge in [-0.05, 0) is 41.5 Å². The molecule has 112 valence electrons. The second-order valence-corrected chi connectivity index (χ2v) is 4.66. The Balaban J connectivity index is 1.87. The molecule has 0 unspecified atom stereocenters. The van der Waals surface area contributed by atoms with Crippen molar-refractivity contribution in [1.82, 2.24) is 5.32 Å². The summed E-state index contributed by atoms with van der Waals surface area (Å²) in [4.78, 5) is 22.6. The van der Waals surface area contributed by atoms with E-state index in [1.807, 2.05) is 0 Å². The lowest BCUT2D eigenvalue weighted by Crippen LogP contribution is -2.20. The standard InChI is InChI=1S/C17H15FN2O2/c18-15-8-3-12(4-9-15)5-10-16(21)20-11-13-1-6-14(7-2-13)17(19)22/h1-10H,11H2,(H2,19,22)(H,20,21)/b10-5+. The van der Waals surface area contributed by atoms with Gasteiger partial charge in [0.1, 0.15) is 5.82 Å². The van der Waals surface area contributed by atoms with Crippen LogP contribution in [0.25, 0.3) is 6.08 Å². The Hall–Kier alpha value is -2.95. The molecule has 22 heavy (non-hydrogen) atoms. The Morgan fingerprint density at radius 2 is 1.68 bits per heavy atom. The Morgan fingerprint density at radius 1 is 1.05 bits per heavy atom. The summed E-state index contributed by atoms with van der Waals surface area (Å²) in [5.41, 5.74) is 7.16. The predicted octanol–water partition coefficient (Wildman–Crippen LogP) is 2.25. The molecule has 0 aromatic heterocycles. The highest BCUT2D eigenvalue weighted by molar-refractivity contribution is 5.93. The summed E-state index contributed by atoms with van der Waals surface area (Å²) in [7, 11) is 0. The summed E-state index contributed by atoms with van der Waals surface area (Å²) in [6.07, 6.45) is 2.98. The molecule has 0 saturated carbocycles. The van der Waals surface area contributed by atoms with Crippen LogP contribution in [0.2, 0.25) is 0 Å². The Kier molecular flexibility index (Phi) is 5.03. The first-order valence-electron chi connectivity index (χ1n) is 6.65. The molecule has 0 radical (unpaired) electrons. The average molecular weight is 298 g/mol. The van der Waals surface area contributed by atoms with E-state index in [4.69, 9.17) is 5.73 Å². The number of halogens is 1. The molecular weight excluding hydrogens is 283 g/mol. The molecule has 0 atom stereocenters. The molecule has 2 rings (SSSR count). The molecule has 2 aromatic rings. The van der Waals surface area contributed by atoms with Gasteiger partial charge in [-0.1, -0.05) is 24.3 Å². The molecule has 2 amide bonds. The lowest BCUT2D eigenvalue weighted by atomic mass is 10.1. The third-order valence-corrected chi connectivity index (χ3v) is 3.00. The van der Waals surface area contributed by atoms with Crippen molar-refractivity contribution >= 4 is 17.9 Å². The van der Waals surface area contributed by atoms with Crippen LogP contribution in [0.4, 0.5) is 4.39 Å². The van der Waals surface area contributed by atoms with Crippen LogP contribution in [0, 0.1) is 5.82 Å². The van der Waals surface area contributed by atoms with Crippen LogP contribution in [0.15, 0.2) is 54.6 Å². The molecule has 0 saturated heterocycles. The van der Waals surface area contributed by atoms with E-state index in [2.05, 4.69) is 5.32 Å². The van der Waals surface area contributed by atoms with Gasteiger partial charge >= 0.3 is 0 Å². The fourth-order valence-electron chi connectivity index (χ4n) is 1.78. The van der Waals surface area contributed by atoms with Gasteiger partial charge < -0.3 is 11.1 Å². The minimum atomic E-state index is -0.488. The fourth-order valence-corrected chi connectivity index (χ4v) is 1.78. The van der Waals surface area contributed by atoms with Crippen LogP contribution in [0.3, 0.4) is 0 Å². The molecular formula is C17H15FN2O2. The molecule has 5 heteroatoms. The average Bonchev–Trinajstić information content (AvgIpc) is 2.52. The molecule has 0 bridgehead atoms. The number of primary amides is 1. The minimum absolute atomic E-state index is 0.261. The van der Waals surface area contributed by atoms with E-state index in [1.54, 1.807) is 42.5 Å². The van der Waals surface area contributed by atoms with Gasteiger partial charge in [0.05, 0.1) is 0 Å². The zero-order chi connectivity index (χ0) is 15.9. The number of benzene rings is 2. The molecule has 4 nitrogen and oxygen atoms in total. The number of nitrogens with two attached hydrogens (primary N) is 1. The largest absolute Gasteiger partial charge is 0.366 e. The topological polar surface area (TPSA) is 72.2 Å².